The van der Waals surface area contributed by atoms with E-state index in [0.29, 0.717) is 11.8 Å². The average Bonchev–Trinajstić information content (AvgIpc) is 2.55. The van der Waals surface area contributed by atoms with Crippen LogP contribution >= 0.6 is 0 Å². The van der Waals surface area contributed by atoms with Crippen molar-refractivity contribution in [2.24, 2.45) is 22.7 Å². The summed E-state index contributed by atoms with van der Waals surface area (Å²) in [5, 5.41) is 0. The van der Waals surface area contributed by atoms with Crippen LogP contribution in [0.1, 0.15) is 66.2 Å². The van der Waals surface area contributed by atoms with E-state index in [2.05, 4.69) is 40.3 Å². The standard InChI is InChI=1S/C20H30O2/c1-6-14(2)8-9-16-19(5)13-10-15-18(3,4)11-7-12-20(15,16)17(21)22-19/h6,8,15-16H,1,7,9-13H2,2-5H3/b14-8+. The lowest BCUT2D eigenvalue weighted by Crippen LogP contribution is -2.55. The first-order valence-corrected chi connectivity index (χ1v) is 8.79. The second-order valence-corrected chi connectivity index (χ2v) is 8.62. The number of allylic oxidation sites excluding steroid dienone is 3. The van der Waals surface area contributed by atoms with E-state index in [9.17, 15) is 4.79 Å². The van der Waals surface area contributed by atoms with Gasteiger partial charge in [-0.05, 0) is 57.3 Å². The topological polar surface area (TPSA) is 26.3 Å². The molecule has 4 unspecified atom stereocenters. The van der Waals surface area contributed by atoms with E-state index in [1.165, 1.54) is 12.0 Å². The van der Waals surface area contributed by atoms with Crippen LogP contribution in [0, 0.1) is 22.7 Å². The number of carbonyl (C=O) groups excluding carboxylic acids is 1. The second kappa shape index (κ2) is 4.97. The van der Waals surface area contributed by atoms with Crippen molar-refractivity contribution in [1.82, 2.24) is 0 Å². The lowest BCUT2D eigenvalue weighted by atomic mass is 9.46. The van der Waals surface area contributed by atoms with Crippen LogP contribution in [0.4, 0.5) is 0 Å². The van der Waals surface area contributed by atoms with Gasteiger partial charge in [-0.3, -0.25) is 4.79 Å². The Hall–Kier alpha value is -1.05. The van der Waals surface area contributed by atoms with Gasteiger partial charge in [0.15, 0.2) is 0 Å². The zero-order valence-corrected chi connectivity index (χ0v) is 14.6. The summed E-state index contributed by atoms with van der Waals surface area (Å²) in [7, 11) is 0. The highest BCUT2D eigenvalue weighted by molar-refractivity contribution is 5.81. The fraction of sp³-hybridized carbons (Fsp3) is 0.750. The Labute approximate surface area is 135 Å². The van der Waals surface area contributed by atoms with E-state index < -0.39 is 0 Å². The lowest BCUT2D eigenvalue weighted by molar-refractivity contribution is -0.156. The summed E-state index contributed by atoms with van der Waals surface area (Å²) < 4.78 is 6.01. The fourth-order valence-corrected chi connectivity index (χ4v) is 5.76. The molecule has 2 saturated carbocycles. The van der Waals surface area contributed by atoms with Gasteiger partial charge in [-0.25, -0.2) is 0 Å². The fourth-order valence-electron chi connectivity index (χ4n) is 5.76. The molecule has 0 amide bonds. The molecule has 1 aliphatic heterocycles. The zero-order valence-electron chi connectivity index (χ0n) is 14.6. The van der Waals surface area contributed by atoms with Crippen LogP contribution in [0.5, 0.6) is 0 Å². The van der Waals surface area contributed by atoms with Crippen LogP contribution in [0.2, 0.25) is 0 Å². The molecule has 4 atom stereocenters. The first-order chi connectivity index (χ1) is 10.3. The molecule has 0 aromatic carbocycles. The molecule has 0 N–H and O–H groups in total. The summed E-state index contributed by atoms with van der Waals surface area (Å²) in [6.45, 7) is 12.8. The Bertz CT molecular complexity index is 530. The van der Waals surface area contributed by atoms with Crippen LogP contribution in [-0.4, -0.2) is 11.6 Å². The molecule has 1 spiro atoms. The Kier molecular flexibility index (Phi) is 3.58. The maximum Gasteiger partial charge on any atom is 0.313 e. The van der Waals surface area contributed by atoms with E-state index in [4.69, 9.17) is 4.74 Å². The van der Waals surface area contributed by atoms with Crippen molar-refractivity contribution in [3.8, 4) is 0 Å². The molecular formula is C20H30O2. The highest BCUT2D eigenvalue weighted by Gasteiger charge is 2.70. The normalized spacial score (nSPS) is 43.5. The number of esters is 1. The van der Waals surface area contributed by atoms with Crippen molar-refractivity contribution in [1.29, 1.82) is 0 Å². The predicted octanol–water partition coefficient (Wildman–Crippen LogP) is 5.05. The van der Waals surface area contributed by atoms with Crippen molar-refractivity contribution < 1.29 is 9.53 Å². The van der Waals surface area contributed by atoms with Crippen molar-refractivity contribution in [2.75, 3.05) is 0 Å². The molecule has 3 aliphatic rings. The van der Waals surface area contributed by atoms with Gasteiger partial charge in [0.05, 0.1) is 5.41 Å². The molecule has 122 valence electrons. The Morgan fingerprint density at radius 1 is 1.32 bits per heavy atom. The molecule has 0 radical (unpaired) electrons. The number of hydrogen-bond acceptors (Lipinski definition) is 2. The predicted molar refractivity (Wildman–Crippen MR) is 89.3 cm³/mol. The van der Waals surface area contributed by atoms with Gasteiger partial charge in [0, 0.05) is 5.92 Å². The van der Waals surface area contributed by atoms with E-state index >= 15 is 0 Å². The number of hydrogen-bond donors (Lipinski definition) is 0. The van der Waals surface area contributed by atoms with Gasteiger partial charge in [0.25, 0.3) is 0 Å². The maximum atomic E-state index is 13.0. The first-order valence-electron chi connectivity index (χ1n) is 8.79. The summed E-state index contributed by atoms with van der Waals surface area (Å²) >= 11 is 0. The molecule has 2 nitrogen and oxygen atoms in total. The lowest BCUT2D eigenvalue weighted by Gasteiger charge is -2.55. The second-order valence-electron chi connectivity index (χ2n) is 8.62. The molecule has 3 rings (SSSR count). The van der Waals surface area contributed by atoms with Gasteiger partial charge in [-0.1, -0.05) is 44.6 Å². The Morgan fingerprint density at radius 3 is 2.73 bits per heavy atom. The molecule has 1 saturated heterocycles. The quantitative estimate of drug-likeness (QED) is 0.539. The van der Waals surface area contributed by atoms with E-state index in [1.54, 1.807) is 0 Å². The van der Waals surface area contributed by atoms with Crippen molar-refractivity contribution in [2.45, 2.75) is 71.8 Å². The minimum absolute atomic E-state index is 0.0972. The van der Waals surface area contributed by atoms with Crippen molar-refractivity contribution >= 4 is 5.97 Å². The summed E-state index contributed by atoms with van der Waals surface area (Å²) in [6, 6.07) is 0. The summed E-state index contributed by atoms with van der Waals surface area (Å²) in [6.07, 6.45) is 10.6. The van der Waals surface area contributed by atoms with Crippen molar-refractivity contribution in [3.05, 3.63) is 24.3 Å². The third-order valence-electron chi connectivity index (χ3n) is 6.97. The van der Waals surface area contributed by atoms with Crippen LogP contribution in [-0.2, 0) is 9.53 Å². The molecule has 22 heavy (non-hydrogen) atoms. The number of rotatable bonds is 3. The molecule has 2 heteroatoms. The molecule has 0 aromatic heterocycles. The van der Waals surface area contributed by atoms with Crippen LogP contribution in [0.3, 0.4) is 0 Å². The molecule has 2 bridgehead atoms. The minimum Gasteiger partial charge on any atom is -0.459 e. The smallest absolute Gasteiger partial charge is 0.313 e. The monoisotopic (exact) mass is 302 g/mol. The average molecular weight is 302 g/mol. The van der Waals surface area contributed by atoms with Crippen LogP contribution in [0.25, 0.3) is 0 Å². The maximum absolute atomic E-state index is 13.0. The molecule has 1 heterocycles. The molecular weight excluding hydrogens is 272 g/mol. The highest BCUT2D eigenvalue weighted by Crippen LogP contribution is 2.67. The van der Waals surface area contributed by atoms with Gasteiger partial charge < -0.3 is 4.74 Å². The van der Waals surface area contributed by atoms with Crippen molar-refractivity contribution in [3.63, 3.8) is 0 Å². The van der Waals surface area contributed by atoms with E-state index in [-0.39, 0.29) is 22.4 Å². The van der Waals surface area contributed by atoms with Gasteiger partial charge >= 0.3 is 5.97 Å². The summed E-state index contributed by atoms with van der Waals surface area (Å²) in [5.41, 5.74) is 0.938. The van der Waals surface area contributed by atoms with Crippen LogP contribution in [0.15, 0.2) is 24.3 Å². The van der Waals surface area contributed by atoms with E-state index in [1.807, 2.05) is 6.08 Å². The minimum atomic E-state index is -0.265. The summed E-state index contributed by atoms with van der Waals surface area (Å²) in [5.74, 6) is 0.889. The van der Waals surface area contributed by atoms with Gasteiger partial charge in [-0.15, -0.1) is 0 Å². The Morgan fingerprint density at radius 2 is 2.05 bits per heavy atom. The zero-order chi connectivity index (χ0) is 16.2. The first kappa shape index (κ1) is 15.8. The van der Waals surface area contributed by atoms with Gasteiger partial charge in [0.2, 0.25) is 0 Å². The van der Waals surface area contributed by atoms with Gasteiger partial charge in [-0.2, -0.15) is 0 Å². The third kappa shape index (κ3) is 2.02. The highest BCUT2D eigenvalue weighted by atomic mass is 16.6. The molecule has 0 aromatic rings. The summed E-state index contributed by atoms with van der Waals surface area (Å²) in [4.78, 5) is 13.0. The molecule has 3 fully saturated rings. The number of fused-ring (bicyclic) bond motifs is 1. The largest absolute Gasteiger partial charge is 0.459 e. The number of ether oxygens (including phenoxy) is 1. The van der Waals surface area contributed by atoms with E-state index in [0.717, 1.165) is 32.1 Å². The number of carbonyl (C=O) groups is 1. The van der Waals surface area contributed by atoms with Crippen LogP contribution < -0.4 is 0 Å². The molecule has 2 aliphatic carbocycles. The third-order valence-corrected chi connectivity index (χ3v) is 6.97. The SMILES string of the molecule is C=C/C(C)=C/CC1C2(C)CCC3C(C)(C)CCCC31C(=O)O2. The van der Waals surface area contributed by atoms with Gasteiger partial charge in [0.1, 0.15) is 5.60 Å². The Balaban J connectivity index is 2.03.